The fraction of sp³-hybridized carbons (Fsp3) is 0.467. The topological polar surface area (TPSA) is 62.7 Å². The third-order valence-electron chi connectivity index (χ3n) is 7.53. The molecule has 0 bridgehead atoms. The molecule has 0 spiro atoms. The van der Waals surface area contributed by atoms with Crippen LogP contribution in [0, 0.1) is 17.7 Å². The minimum atomic E-state index is -1.12. The second-order valence-electron chi connectivity index (χ2n) is 10.0. The van der Waals surface area contributed by atoms with Crippen molar-refractivity contribution in [2.24, 2.45) is 11.8 Å². The molecule has 204 valence electrons. The van der Waals surface area contributed by atoms with Crippen LogP contribution in [0.3, 0.4) is 0 Å². The molecule has 1 unspecified atom stereocenters. The van der Waals surface area contributed by atoms with Crippen molar-refractivity contribution < 1.29 is 23.4 Å². The zero-order chi connectivity index (χ0) is 26.9. The third kappa shape index (κ3) is 7.67. The predicted octanol–water partition coefficient (Wildman–Crippen LogP) is 7.16. The molecule has 1 aliphatic rings. The number of rotatable bonds is 13. The molecule has 5 nitrogen and oxygen atoms in total. The minimum Gasteiger partial charge on any atom is -0.497 e. The standard InChI is InChI=1S/C30H36F2N2O3S/c1-37-23-9-11-28-25(19-23)24(13-15-33-28)26(31)10-7-21-14-17-34(20-22(21)8-12-30(35)36)16-4-18-38-29-6-3-2-5-27(29)32/h2-3,5-6,9,11,13,15,19,21-22,26H,4,7-8,10,12,14,16-18,20H2,1H3,(H,35,36)/t21-,22+,26?/m1/s1. The maximum atomic E-state index is 15.5. The predicted molar refractivity (Wildman–Crippen MR) is 148 cm³/mol. The number of alkyl halides is 1. The number of carboxylic acids is 1. The molecule has 0 amide bonds. The molecule has 3 aromatic rings. The van der Waals surface area contributed by atoms with Gasteiger partial charge in [-0.1, -0.05) is 12.1 Å². The van der Waals surface area contributed by atoms with Crippen molar-refractivity contribution in [1.82, 2.24) is 9.88 Å². The van der Waals surface area contributed by atoms with Crippen molar-refractivity contribution >= 4 is 28.6 Å². The lowest BCUT2D eigenvalue weighted by Gasteiger charge is -2.39. The monoisotopic (exact) mass is 542 g/mol. The van der Waals surface area contributed by atoms with Crippen LogP contribution in [0.15, 0.2) is 59.6 Å². The number of piperidine rings is 1. The third-order valence-corrected chi connectivity index (χ3v) is 8.66. The van der Waals surface area contributed by atoms with Gasteiger partial charge in [-0.15, -0.1) is 11.8 Å². The number of halogens is 2. The summed E-state index contributed by atoms with van der Waals surface area (Å²) >= 11 is 1.53. The lowest BCUT2D eigenvalue weighted by atomic mass is 9.79. The van der Waals surface area contributed by atoms with Gasteiger partial charge in [0.15, 0.2) is 0 Å². The van der Waals surface area contributed by atoms with Crippen molar-refractivity contribution in [2.75, 3.05) is 32.5 Å². The van der Waals surface area contributed by atoms with Gasteiger partial charge in [0.05, 0.1) is 12.6 Å². The molecule has 1 aliphatic heterocycles. The van der Waals surface area contributed by atoms with Crippen LogP contribution in [0.1, 0.15) is 50.3 Å². The molecule has 2 heterocycles. The van der Waals surface area contributed by atoms with Gasteiger partial charge in [-0.3, -0.25) is 9.78 Å². The van der Waals surface area contributed by atoms with Gasteiger partial charge in [-0.2, -0.15) is 0 Å². The van der Waals surface area contributed by atoms with Crippen LogP contribution < -0.4 is 4.74 Å². The Morgan fingerprint density at radius 1 is 1.21 bits per heavy atom. The highest BCUT2D eigenvalue weighted by Crippen LogP contribution is 2.36. The van der Waals surface area contributed by atoms with Crippen LogP contribution in [0.2, 0.25) is 0 Å². The Balaban J connectivity index is 1.32. The molecule has 0 saturated carbocycles. The number of hydrogen-bond donors (Lipinski definition) is 1. The zero-order valence-corrected chi connectivity index (χ0v) is 22.6. The fourth-order valence-corrected chi connectivity index (χ4v) is 6.34. The summed E-state index contributed by atoms with van der Waals surface area (Å²) in [5.74, 6) is 1.04. The normalized spacial score (nSPS) is 18.9. The number of thioether (sulfide) groups is 1. The number of hydrogen-bond acceptors (Lipinski definition) is 5. The second-order valence-corrected chi connectivity index (χ2v) is 11.1. The molecule has 4 rings (SSSR count). The number of pyridine rings is 1. The average Bonchev–Trinajstić information content (AvgIpc) is 2.93. The first-order valence-corrected chi connectivity index (χ1v) is 14.3. The summed E-state index contributed by atoms with van der Waals surface area (Å²) < 4.78 is 34.7. The van der Waals surface area contributed by atoms with Crippen molar-refractivity contribution in [1.29, 1.82) is 0 Å². The van der Waals surface area contributed by atoms with Gasteiger partial charge >= 0.3 is 5.97 Å². The average molecular weight is 543 g/mol. The highest BCUT2D eigenvalue weighted by atomic mass is 32.2. The molecule has 1 fully saturated rings. The summed E-state index contributed by atoms with van der Waals surface area (Å²) in [6.07, 6.45) is 4.23. The van der Waals surface area contributed by atoms with Gasteiger partial charge in [0.2, 0.25) is 0 Å². The summed E-state index contributed by atoms with van der Waals surface area (Å²) in [5, 5.41) is 10.1. The van der Waals surface area contributed by atoms with Gasteiger partial charge in [-0.25, -0.2) is 8.78 Å². The van der Waals surface area contributed by atoms with Crippen molar-refractivity contribution in [3.63, 3.8) is 0 Å². The van der Waals surface area contributed by atoms with E-state index < -0.39 is 12.1 Å². The molecule has 2 aromatic carbocycles. The number of ether oxygens (including phenoxy) is 1. The largest absolute Gasteiger partial charge is 0.497 e. The Morgan fingerprint density at radius 3 is 2.84 bits per heavy atom. The summed E-state index contributed by atoms with van der Waals surface area (Å²) in [6.45, 7) is 2.65. The number of benzene rings is 2. The summed E-state index contributed by atoms with van der Waals surface area (Å²) in [7, 11) is 1.59. The van der Waals surface area contributed by atoms with Gasteiger partial charge < -0.3 is 14.7 Å². The summed E-state index contributed by atoms with van der Waals surface area (Å²) in [6, 6.07) is 14.1. The maximum Gasteiger partial charge on any atom is 0.303 e. The SMILES string of the molecule is COc1ccc2nccc(C(F)CC[C@@H]3CCN(CCCSc4ccccc4F)C[C@@H]3CCC(=O)O)c2c1. The second kappa shape index (κ2) is 13.9. The zero-order valence-electron chi connectivity index (χ0n) is 21.8. The van der Waals surface area contributed by atoms with Gasteiger partial charge in [0, 0.05) is 29.4 Å². The van der Waals surface area contributed by atoms with Crippen molar-refractivity contribution in [3.8, 4) is 5.75 Å². The van der Waals surface area contributed by atoms with Crippen molar-refractivity contribution in [2.45, 2.75) is 49.6 Å². The first kappa shape index (κ1) is 28.3. The van der Waals surface area contributed by atoms with Gasteiger partial charge in [0.1, 0.15) is 17.7 Å². The molecule has 8 heteroatoms. The molecule has 0 aliphatic carbocycles. The Morgan fingerprint density at radius 2 is 2.05 bits per heavy atom. The van der Waals surface area contributed by atoms with E-state index in [0.29, 0.717) is 35.0 Å². The Kier molecular flexibility index (Phi) is 10.4. The van der Waals surface area contributed by atoms with E-state index in [-0.39, 0.29) is 18.2 Å². The Hall–Kier alpha value is -2.71. The Labute approximate surface area is 227 Å². The number of fused-ring (bicyclic) bond motifs is 1. The van der Waals surface area contributed by atoms with E-state index >= 15 is 4.39 Å². The van der Waals surface area contributed by atoms with E-state index in [4.69, 9.17) is 4.74 Å². The fourth-order valence-electron chi connectivity index (χ4n) is 5.47. The van der Waals surface area contributed by atoms with Crippen LogP contribution in [0.25, 0.3) is 10.9 Å². The number of carboxylic acid groups (broad SMARTS) is 1. The number of nitrogens with zero attached hydrogens (tertiary/aromatic N) is 2. The van der Waals surface area contributed by atoms with E-state index in [0.717, 1.165) is 55.6 Å². The molecule has 0 radical (unpaired) electrons. The number of aromatic nitrogens is 1. The van der Waals surface area contributed by atoms with E-state index in [2.05, 4.69) is 9.88 Å². The highest BCUT2D eigenvalue weighted by molar-refractivity contribution is 7.99. The number of carbonyl (C=O) groups is 1. The first-order chi connectivity index (χ1) is 18.4. The lowest BCUT2D eigenvalue weighted by molar-refractivity contribution is -0.137. The van der Waals surface area contributed by atoms with Crippen LogP contribution in [0.5, 0.6) is 5.75 Å². The Bertz CT molecular complexity index is 1210. The van der Waals surface area contributed by atoms with E-state index in [1.54, 1.807) is 31.5 Å². The van der Waals surface area contributed by atoms with Gasteiger partial charge in [-0.05, 0) is 105 Å². The van der Waals surface area contributed by atoms with E-state index in [1.165, 1.54) is 17.8 Å². The molecule has 3 atom stereocenters. The van der Waals surface area contributed by atoms with Crippen molar-refractivity contribution in [3.05, 3.63) is 66.1 Å². The van der Waals surface area contributed by atoms with Crippen LogP contribution in [-0.2, 0) is 4.79 Å². The van der Waals surface area contributed by atoms with Gasteiger partial charge in [0.25, 0.3) is 0 Å². The minimum absolute atomic E-state index is 0.131. The van der Waals surface area contributed by atoms with E-state index in [1.807, 2.05) is 24.3 Å². The number of methoxy groups -OCH3 is 1. The molecular weight excluding hydrogens is 506 g/mol. The quantitative estimate of drug-likeness (QED) is 0.183. The molecule has 1 saturated heterocycles. The molecule has 38 heavy (non-hydrogen) atoms. The number of aliphatic carboxylic acids is 1. The van der Waals surface area contributed by atoms with Crippen LogP contribution >= 0.6 is 11.8 Å². The maximum absolute atomic E-state index is 15.5. The molecule has 1 aromatic heterocycles. The van der Waals surface area contributed by atoms with Crippen LogP contribution in [-0.4, -0.2) is 53.5 Å². The van der Waals surface area contributed by atoms with E-state index in [9.17, 15) is 14.3 Å². The summed E-state index contributed by atoms with van der Waals surface area (Å²) in [5.41, 5.74) is 1.37. The smallest absolute Gasteiger partial charge is 0.303 e. The number of likely N-dealkylation sites (tertiary alicyclic amines) is 1. The molecule has 1 N–H and O–H groups in total. The highest BCUT2D eigenvalue weighted by Gasteiger charge is 2.30. The summed E-state index contributed by atoms with van der Waals surface area (Å²) in [4.78, 5) is 18.7. The lowest BCUT2D eigenvalue weighted by Crippen LogP contribution is -2.41. The molecular formula is C30H36F2N2O3S. The first-order valence-electron chi connectivity index (χ1n) is 13.3. The van der Waals surface area contributed by atoms with Crippen LogP contribution in [0.4, 0.5) is 8.78 Å².